The number of carbonyl (C=O) groups excluding carboxylic acids is 1. The summed E-state index contributed by atoms with van der Waals surface area (Å²) in [7, 11) is 0. The zero-order chi connectivity index (χ0) is 13.9. The first-order chi connectivity index (χ1) is 9.75. The van der Waals surface area contributed by atoms with Gasteiger partial charge in [0.2, 0.25) is 0 Å². The first kappa shape index (κ1) is 12.7. The number of nitrogens with zero attached hydrogens (tertiary/aromatic N) is 2. The Labute approximate surface area is 118 Å². The van der Waals surface area contributed by atoms with E-state index in [2.05, 4.69) is 26.5 Å². The third-order valence-corrected chi connectivity index (χ3v) is 3.67. The van der Waals surface area contributed by atoms with Gasteiger partial charge in [0.15, 0.2) is 0 Å². The lowest BCUT2D eigenvalue weighted by atomic mass is 10.2. The average Bonchev–Trinajstić information content (AvgIpc) is 3.10. The second kappa shape index (κ2) is 5.36. The number of nitrogens with one attached hydrogen (secondary N) is 2. The standard InChI is InChI=1S/C15H18N4O/c1-11-12(10-16-18-11)15(20)17-13-6-2-3-7-14(13)19-8-4-5-9-19/h2-3,6-7,10H,4-5,8-9H2,1H3,(H,16,18)(H,17,20). The van der Waals surface area contributed by atoms with Crippen molar-refractivity contribution in [2.45, 2.75) is 19.8 Å². The van der Waals surface area contributed by atoms with Crippen LogP contribution in [0.15, 0.2) is 30.5 Å². The minimum absolute atomic E-state index is 0.122. The molecule has 0 aliphatic carbocycles. The number of amides is 1. The van der Waals surface area contributed by atoms with Gasteiger partial charge in [-0.05, 0) is 31.9 Å². The van der Waals surface area contributed by atoms with Crippen molar-refractivity contribution in [1.29, 1.82) is 0 Å². The zero-order valence-electron chi connectivity index (χ0n) is 11.5. The maximum atomic E-state index is 12.3. The first-order valence-corrected chi connectivity index (χ1v) is 6.91. The Bertz CT molecular complexity index is 614. The summed E-state index contributed by atoms with van der Waals surface area (Å²) in [5.41, 5.74) is 3.32. The first-order valence-electron chi connectivity index (χ1n) is 6.91. The highest BCUT2D eigenvalue weighted by molar-refractivity contribution is 6.06. The van der Waals surface area contributed by atoms with Crippen LogP contribution in [-0.4, -0.2) is 29.2 Å². The number of hydrogen-bond donors (Lipinski definition) is 2. The molecule has 0 radical (unpaired) electrons. The van der Waals surface area contributed by atoms with Gasteiger partial charge >= 0.3 is 0 Å². The molecule has 0 atom stereocenters. The number of aryl methyl sites for hydroxylation is 1. The minimum atomic E-state index is -0.122. The quantitative estimate of drug-likeness (QED) is 0.901. The van der Waals surface area contributed by atoms with Crippen molar-refractivity contribution in [3.05, 3.63) is 41.7 Å². The molecule has 104 valence electrons. The third kappa shape index (κ3) is 2.39. The van der Waals surface area contributed by atoms with Crippen molar-refractivity contribution in [2.24, 2.45) is 0 Å². The molecular formula is C15H18N4O. The lowest BCUT2D eigenvalue weighted by Gasteiger charge is -2.21. The fourth-order valence-electron chi connectivity index (χ4n) is 2.58. The summed E-state index contributed by atoms with van der Waals surface area (Å²) in [6, 6.07) is 7.95. The number of aromatic amines is 1. The van der Waals surface area contributed by atoms with Gasteiger partial charge in [-0.15, -0.1) is 0 Å². The Morgan fingerprint density at radius 3 is 2.75 bits per heavy atom. The van der Waals surface area contributed by atoms with Gasteiger partial charge in [0.05, 0.1) is 23.1 Å². The van der Waals surface area contributed by atoms with E-state index in [0.29, 0.717) is 5.56 Å². The molecule has 0 bridgehead atoms. The Morgan fingerprint density at radius 1 is 1.30 bits per heavy atom. The fourth-order valence-corrected chi connectivity index (χ4v) is 2.58. The molecule has 2 heterocycles. The molecule has 2 aromatic rings. The van der Waals surface area contributed by atoms with Crippen molar-refractivity contribution in [3.8, 4) is 0 Å². The van der Waals surface area contributed by atoms with Gasteiger partial charge < -0.3 is 10.2 Å². The lowest BCUT2D eigenvalue weighted by Crippen LogP contribution is -2.21. The van der Waals surface area contributed by atoms with E-state index in [4.69, 9.17) is 0 Å². The van der Waals surface area contributed by atoms with Crippen LogP contribution in [0, 0.1) is 6.92 Å². The normalized spacial score (nSPS) is 14.6. The average molecular weight is 270 g/mol. The van der Waals surface area contributed by atoms with Gasteiger partial charge in [-0.25, -0.2) is 0 Å². The summed E-state index contributed by atoms with van der Waals surface area (Å²) in [4.78, 5) is 14.6. The number of carbonyl (C=O) groups is 1. The number of hydrogen-bond acceptors (Lipinski definition) is 3. The van der Waals surface area contributed by atoms with Crippen molar-refractivity contribution in [3.63, 3.8) is 0 Å². The van der Waals surface area contributed by atoms with Gasteiger partial charge in [0, 0.05) is 18.8 Å². The predicted molar refractivity (Wildman–Crippen MR) is 79.2 cm³/mol. The molecule has 1 aliphatic heterocycles. The molecule has 0 spiro atoms. The van der Waals surface area contributed by atoms with E-state index >= 15 is 0 Å². The van der Waals surface area contributed by atoms with Crippen LogP contribution < -0.4 is 10.2 Å². The lowest BCUT2D eigenvalue weighted by molar-refractivity contribution is 0.102. The smallest absolute Gasteiger partial charge is 0.259 e. The second-order valence-corrected chi connectivity index (χ2v) is 5.07. The van der Waals surface area contributed by atoms with E-state index in [1.165, 1.54) is 12.8 Å². The minimum Gasteiger partial charge on any atom is -0.370 e. The number of rotatable bonds is 3. The highest BCUT2D eigenvalue weighted by atomic mass is 16.1. The number of H-pyrrole nitrogens is 1. The van der Waals surface area contributed by atoms with Crippen molar-refractivity contribution < 1.29 is 4.79 Å². The summed E-state index contributed by atoms with van der Waals surface area (Å²) in [6.45, 7) is 3.95. The molecule has 20 heavy (non-hydrogen) atoms. The fraction of sp³-hybridized carbons (Fsp3) is 0.333. The van der Waals surface area contributed by atoms with E-state index in [1.807, 2.05) is 25.1 Å². The van der Waals surface area contributed by atoms with Gasteiger partial charge in [-0.2, -0.15) is 5.10 Å². The summed E-state index contributed by atoms with van der Waals surface area (Å²) in [6.07, 6.45) is 3.98. The Hall–Kier alpha value is -2.30. The summed E-state index contributed by atoms with van der Waals surface area (Å²) in [5, 5.41) is 9.66. The maximum absolute atomic E-state index is 12.3. The molecule has 3 rings (SSSR count). The summed E-state index contributed by atoms with van der Waals surface area (Å²) >= 11 is 0. The molecule has 1 aromatic heterocycles. The molecule has 0 unspecified atom stereocenters. The van der Waals surface area contributed by atoms with E-state index in [9.17, 15) is 4.79 Å². The van der Waals surface area contributed by atoms with Gasteiger partial charge in [0.25, 0.3) is 5.91 Å². The molecule has 1 fully saturated rings. The Morgan fingerprint density at radius 2 is 2.05 bits per heavy atom. The maximum Gasteiger partial charge on any atom is 0.259 e. The van der Waals surface area contributed by atoms with Crippen molar-refractivity contribution in [2.75, 3.05) is 23.3 Å². The molecule has 1 aliphatic rings. The highest BCUT2D eigenvalue weighted by Gasteiger charge is 2.18. The van der Waals surface area contributed by atoms with E-state index < -0.39 is 0 Å². The summed E-state index contributed by atoms with van der Waals surface area (Å²) in [5.74, 6) is -0.122. The predicted octanol–water partition coefficient (Wildman–Crippen LogP) is 2.57. The third-order valence-electron chi connectivity index (χ3n) is 3.67. The highest BCUT2D eigenvalue weighted by Crippen LogP contribution is 2.29. The topological polar surface area (TPSA) is 61.0 Å². The molecule has 5 heteroatoms. The van der Waals surface area contributed by atoms with Crippen molar-refractivity contribution in [1.82, 2.24) is 10.2 Å². The van der Waals surface area contributed by atoms with Gasteiger partial charge in [-0.1, -0.05) is 12.1 Å². The molecular weight excluding hydrogens is 252 g/mol. The van der Waals surface area contributed by atoms with E-state index in [0.717, 1.165) is 30.2 Å². The van der Waals surface area contributed by atoms with Crippen LogP contribution in [0.2, 0.25) is 0 Å². The molecule has 5 nitrogen and oxygen atoms in total. The van der Waals surface area contributed by atoms with Crippen LogP contribution in [0.4, 0.5) is 11.4 Å². The van der Waals surface area contributed by atoms with Crippen LogP contribution in [0.25, 0.3) is 0 Å². The Kier molecular flexibility index (Phi) is 3.41. The zero-order valence-corrected chi connectivity index (χ0v) is 11.5. The molecule has 1 aromatic carbocycles. The molecule has 2 N–H and O–H groups in total. The monoisotopic (exact) mass is 270 g/mol. The van der Waals surface area contributed by atoms with Crippen LogP contribution >= 0.6 is 0 Å². The van der Waals surface area contributed by atoms with Gasteiger partial charge in [0.1, 0.15) is 0 Å². The van der Waals surface area contributed by atoms with Crippen LogP contribution in [0.5, 0.6) is 0 Å². The summed E-state index contributed by atoms with van der Waals surface area (Å²) < 4.78 is 0. The SMILES string of the molecule is Cc1[nH]ncc1C(=O)Nc1ccccc1N1CCCC1. The number of anilines is 2. The molecule has 1 amide bonds. The van der Waals surface area contributed by atoms with Gasteiger partial charge in [-0.3, -0.25) is 9.89 Å². The number of para-hydroxylation sites is 2. The second-order valence-electron chi connectivity index (χ2n) is 5.07. The van der Waals surface area contributed by atoms with Crippen LogP contribution in [-0.2, 0) is 0 Å². The number of benzene rings is 1. The Balaban J connectivity index is 1.84. The number of aromatic nitrogens is 2. The van der Waals surface area contributed by atoms with Crippen LogP contribution in [0.3, 0.4) is 0 Å². The largest absolute Gasteiger partial charge is 0.370 e. The van der Waals surface area contributed by atoms with E-state index in [1.54, 1.807) is 6.20 Å². The van der Waals surface area contributed by atoms with Crippen molar-refractivity contribution >= 4 is 17.3 Å². The van der Waals surface area contributed by atoms with Crippen LogP contribution in [0.1, 0.15) is 28.9 Å². The molecule has 1 saturated heterocycles. The molecule has 0 saturated carbocycles. The van der Waals surface area contributed by atoms with E-state index in [-0.39, 0.29) is 5.91 Å².